The minimum absolute atomic E-state index is 0.461. The summed E-state index contributed by atoms with van der Waals surface area (Å²) in [5.74, 6) is 0. The zero-order valence-electron chi connectivity index (χ0n) is 10.1. The van der Waals surface area contributed by atoms with E-state index in [1.807, 2.05) is 0 Å². The molecule has 0 amide bonds. The SMILES string of the molecule is CCC1(C)Cc2c(C)cc(Cl)c(C)c2C1. The summed E-state index contributed by atoms with van der Waals surface area (Å²) < 4.78 is 0. The fourth-order valence-electron chi connectivity index (χ4n) is 2.65. The van der Waals surface area contributed by atoms with Gasteiger partial charge in [-0.15, -0.1) is 0 Å². The molecule has 1 unspecified atom stereocenters. The van der Waals surface area contributed by atoms with E-state index in [9.17, 15) is 0 Å². The predicted molar refractivity (Wildman–Crippen MR) is 66.7 cm³/mol. The largest absolute Gasteiger partial charge is 0.0840 e. The summed E-state index contributed by atoms with van der Waals surface area (Å²) in [6, 6.07) is 2.12. The molecular formula is C14H19Cl. The van der Waals surface area contributed by atoms with Crippen molar-refractivity contribution in [1.82, 2.24) is 0 Å². The van der Waals surface area contributed by atoms with E-state index in [1.54, 1.807) is 5.56 Å². The van der Waals surface area contributed by atoms with Crippen molar-refractivity contribution in [1.29, 1.82) is 0 Å². The summed E-state index contributed by atoms with van der Waals surface area (Å²) in [6.45, 7) is 9.02. The van der Waals surface area contributed by atoms with Crippen molar-refractivity contribution in [2.24, 2.45) is 5.41 Å². The van der Waals surface area contributed by atoms with Gasteiger partial charge in [0.2, 0.25) is 0 Å². The highest BCUT2D eigenvalue weighted by Crippen LogP contribution is 2.43. The molecule has 0 fully saturated rings. The van der Waals surface area contributed by atoms with Crippen molar-refractivity contribution in [2.45, 2.75) is 47.0 Å². The molecule has 0 saturated heterocycles. The van der Waals surface area contributed by atoms with Gasteiger partial charge in [0.05, 0.1) is 0 Å². The van der Waals surface area contributed by atoms with Gasteiger partial charge in [0.1, 0.15) is 0 Å². The van der Waals surface area contributed by atoms with Crippen LogP contribution in [0.5, 0.6) is 0 Å². The van der Waals surface area contributed by atoms with E-state index in [-0.39, 0.29) is 0 Å². The van der Waals surface area contributed by atoms with E-state index in [0.29, 0.717) is 5.41 Å². The Balaban J connectivity index is 2.54. The van der Waals surface area contributed by atoms with Crippen LogP contribution in [0.1, 0.15) is 42.5 Å². The fourth-order valence-corrected chi connectivity index (χ4v) is 2.92. The third kappa shape index (κ3) is 1.69. The van der Waals surface area contributed by atoms with Crippen LogP contribution in [0.4, 0.5) is 0 Å². The molecule has 2 rings (SSSR count). The third-order valence-corrected chi connectivity index (χ3v) is 4.45. The molecule has 1 aromatic rings. The summed E-state index contributed by atoms with van der Waals surface area (Å²) in [7, 11) is 0. The molecule has 0 nitrogen and oxygen atoms in total. The maximum Gasteiger partial charge on any atom is 0.0440 e. The Hall–Kier alpha value is -0.490. The van der Waals surface area contributed by atoms with Crippen molar-refractivity contribution in [2.75, 3.05) is 0 Å². The second-order valence-electron chi connectivity index (χ2n) is 5.28. The number of halogens is 1. The Morgan fingerprint density at radius 3 is 2.47 bits per heavy atom. The molecule has 1 heteroatoms. The third-order valence-electron chi connectivity index (χ3n) is 4.06. The molecule has 0 aliphatic heterocycles. The van der Waals surface area contributed by atoms with Gasteiger partial charge in [-0.3, -0.25) is 0 Å². The lowest BCUT2D eigenvalue weighted by Gasteiger charge is -2.20. The normalized spacial score (nSPS) is 24.3. The van der Waals surface area contributed by atoms with Crippen molar-refractivity contribution in [3.63, 3.8) is 0 Å². The monoisotopic (exact) mass is 222 g/mol. The summed E-state index contributed by atoms with van der Waals surface area (Å²) in [5.41, 5.74) is 6.21. The van der Waals surface area contributed by atoms with Crippen LogP contribution in [-0.4, -0.2) is 0 Å². The number of aryl methyl sites for hydroxylation is 1. The first-order valence-electron chi connectivity index (χ1n) is 5.74. The molecule has 0 spiro atoms. The molecule has 0 bridgehead atoms. The van der Waals surface area contributed by atoms with Crippen LogP contribution in [0.2, 0.25) is 5.02 Å². The molecule has 0 radical (unpaired) electrons. The van der Waals surface area contributed by atoms with Crippen molar-refractivity contribution >= 4 is 11.6 Å². The van der Waals surface area contributed by atoms with Crippen LogP contribution >= 0.6 is 11.6 Å². The van der Waals surface area contributed by atoms with Crippen molar-refractivity contribution < 1.29 is 0 Å². The Kier molecular flexibility index (Phi) is 2.58. The lowest BCUT2D eigenvalue weighted by atomic mass is 9.84. The van der Waals surface area contributed by atoms with Gasteiger partial charge in [0.25, 0.3) is 0 Å². The van der Waals surface area contributed by atoms with Gasteiger partial charge in [0, 0.05) is 5.02 Å². The standard InChI is InChI=1S/C14H19Cl/c1-5-14(4)7-11-9(2)6-13(15)10(3)12(11)8-14/h6H,5,7-8H2,1-4H3. The highest BCUT2D eigenvalue weighted by molar-refractivity contribution is 6.31. The number of rotatable bonds is 1. The van der Waals surface area contributed by atoms with Crippen LogP contribution in [0.25, 0.3) is 0 Å². The minimum Gasteiger partial charge on any atom is -0.0840 e. The highest BCUT2D eigenvalue weighted by atomic mass is 35.5. The smallest absolute Gasteiger partial charge is 0.0440 e. The number of hydrogen-bond donors (Lipinski definition) is 0. The maximum atomic E-state index is 6.23. The minimum atomic E-state index is 0.461. The second kappa shape index (κ2) is 3.52. The van der Waals surface area contributed by atoms with Crippen LogP contribution in [0.3, 0.4) is 0 Å². The number of fused-ring (bicyclic) bond motifs is 1. The van der Waals surface area contributed by atoms with Crippen molar-refractivity contribution in [3.8, 4) is 0 Å². The first kappa shape index (κ1) is 11.0. The predicted octanol–water partition coefficient (Wildman–Crippen LogP) is 4.47. The van der Waals surface area contributed by atoms with E-state index >= 15 is 0 Å². The van der Waals surface area contributed by atoms with E-state index in [1.165, 1.54) is 36.0 Å². The summed E-state index contributed by atoms with van der Waals surface area (Å²) >= 11 is 6.23. The average Bonchev–Trinajstić information content (AvgIpc) is 2.55. The lowest BCUT2D eigenvalue weighted by Crippen LogP contribution is -2.14. The molecule has 1 aliphatic rings. The fraction of sp³-hybridized carbons (Fsp3) is 0.571. The Morgan fingerprint density at radius 1 is 1.27 bits per heavy atom. The van der Waals surface area contributed by atoms with Gasteiger partial charge in [0.15, 0.2) is 0 Å². The molecule has 1 aromatic carbocycles. The summed E-state index contributed by atoms with van der Waals surface area (Å²) in [4.78, 5) is 0. The molecular weight excluding hydrogens is 204 g/mol. The Labute approximate surface area is 97.6 Å². The van der Waals surface area contributed by atoms with Gasteiger partial charge < -0.3 is 0 Å². The molecule has 15 heavy (non-hydrogen) atoms. The van der Waals surface area contributed by atoms with Crippen LogP contribution in [0, 0.1) is 19.3 Å². The van der Waals surface area contributed by atoms with Gasteiger partial charge in [-0.2, -0.15) is 0 Å². The molecule has 1 atom stereocenters. The Bertz CT molecular complexity index is 406. The van der Waals surface area contributed by atoms with Gasteiger partial charge in [-0.25, -0.2) is 0 Å². The van der Waals surface area contributed by atoms with Gasteiger partial charge in [-0.05, 0) is 60.4 Å². The van der Waals surface area contributed by atoms with E-state index in [4.69, 9.17) is 11.6 Å². The molecule has 1 aliphatic carbocycles. The molecule has 0 N–H and O–H groups in total. The Morgan fingerprint density at radius 2 is 1.87 bits per heavy atom. The van der Waals surface area contributed by atoms with E-state index in [2.05, 4.69) is 33.8 Å². The highest BCUT2D eigenvalue weighted by Gasteiger charge is 2.33. The first-order chi connectivity index (χ1) is 6.97. The average molecular weight is 223 g/mol. The summed E-state index contributed by atoms with van der Waals surface area (Å²) in [5, 5.41) is 0.937. The van der Waals surface area contributed by atoms with Gasteiger partial charge >= 0.3 is 0 Å². The lowest BCUT2D eigenvalue weighted by molar-refractivity contribution is 0.332. The zero-order chi connectivity index (χ0) is 11.2. The number of benzene rings is 1. The molecule has 0 aromatic heterocycles. The summed E-state index contributed by atoms with van der Waals surface area (Å²) in [6.07, 6.45) is 3.67. The van der Waals surface area contributed by atoms with E-state index < -0.39 is 0 Å². The molecule has 82 valence electrons. The molecule has 0 saturated carbocycles. The maximum absolute atomic E-state index is 6.23. The zero-order valence-corrected chi connectivity index (χ0v) is 10.8. The van der Waals surface area contributed by atoms with Crippen molar-refractivity contribution in [3.05, 3.63) is 33.3 Å². The topological polar surface area (TPSA) is 0 Å². The van der Waals surface area contributed by atoms with Crippen LogP contribution in [0.15, 0.2) is 6.07 Å². The quantitative estimate of drug-likeness (QED) is 0.658. The van der Waals surface area contributed by atoms with Crippen LogP contribution < -0.4 is 0 Å². The van der Waals surface area contributed by atoms with Gasteiger partial charge in [-0.1, -0.05) is 31.9 Å². The van der Waals surface area contributed by atoms with E-state index in [0.717, 1.165) is 5.02 Å². The number of hydrogen-bond acceptors (Lipinski definition) is 0. The second-order valence-corrected chi connectivity index (χ2v) is 5.68. The first-order valence-corrected chi connectivity index (χ1v) is 6.12. The van der Waals surface area contributed by atoms with Crippen LogP contribution in [-0.2, 0) is 12.8 Å². The molecule has 0 heterocycles.